The fourth-order valence-corrected chi connectivity index (χ4v) is 1.70. The zero-order valence-electron chi connectivity index (χ0n) is 9.48. The lowest BCUT2D eigenvalue weighted by Gasteiger charge is -2.19. The minimum Gasteiger partial charge on any atom is -0.486 e. The van der Waals surface area contributed by atoms with Crippen LogP contribution in [0.3, 0.4) is 0 Å². The lowest BCUT2D eigenvalue weighted by molar-refractivity contribution is 0.171. The first kappa shape index (κ1) is 10.3. The number of fused-ring (bicyclic) bond motifs is 1. The molecule has 3 rings (SSSR count). The summed E-state index contributed by atoms with van der Waals surface area (Å²) in [5, 5.41) is 3.06. The highest BCUT2D eigenvalue weighted by Gasteiger charge is 2.20. The predicted octanol–water partition coefficient (Wildman–Crippen LogP) is 1.35. The summed E-state index contributed by atoms with van der Waals surface area (Å²) >= 11 is 0. The van der Waals surface area contributed by atoms with Gasteiger partial charge in [-0.2, -0.15) is 0 Å². The van der Waals surface area contributed by atoms with Crippen LogP contribution < -0.4 is 20.5 Å². The maximum atomic E-state index is 5.79. The van der Waals surface area contributed by atoms with Crippen LogP contribution >= 0.6 is 0 Å². The molecule has 1 aromatic rings. The van der Waals surface area contributed by atoms with Gasteiger partial charge in [0.15, 0.2) is 17.5 Å². The standard InChI is InChI=1S/C12H15N3O2/c13-12(14-8-1-2-8)15-9-3-4-10-11(7-9)17-6-5-16-10/h3-4,7-8H,1-2,5-6H2,(H3,13,14,15). The minimum atomic E-state index is 0.416. The van der Waals surface area contributed by atoms with Crippen molar-refractivity contribution in [2.24, 2.45) is 10.7 Å². The van der Waals surface area contributed by atoms with Crippen molar-refractivity contribution in [2.75, 3.05) is 18.5 Å². The number of nitrogens with zero attached hydrogens (tertiary/aromatic N) is 1. The number of anilines is 1. The van der Waals surface area contributed by atoms with Crippen LogP contribution in [0.1, 0.15) is 12.8 Å². The number of aliphatic imine (C=N–C) groups is 1. The van der Waals surface area contributed by atoms with E-state index in [4.69, 9.17) is 15.2 Å². The number of hydrogen-bond donors (Lipinski definition) is 2. The highest BCUT2D eigenvalue weighted by molar-refractivity contribution is 5.92. The zero-order valence-corrected chi connectivity index (χ0v) is 9.48. The number of rotatable bonds is 2. The van der Waals surface area contributed by atoms with E-state index < -0.39 is 0 Å². The summed E-state index contributed by atoms with van der Waals surface area (Å²) < 4.78 is 10.9. The molecule has 5 heteroatoms. The molecule has 0 bridgehead atoms. The van der Waals surface area contributed by atoms with Crippen molar-refractivity contribution in [3.8, 4) is 11.5 Å². The average molecular weight is 233 g/mol. The van der Waals surface area contributed by atoms with Crippen LogP contribution in [0.2, 0.25) is 0 Å². The van der Waals surface area contributed by atoms with Gasteiger partial charge < -0.3 is 20.5 Å². The Bertz CT molecular complexity index is 455. The Morgan fingerprint density at radius 3 is 2.76 bits per heavy atom. The summed E-state index contributed by atoms with van der Waals surface area (Å²) in [4.78, 5) is 4.31. The molecule has 17 heavy (non-hydrogen) atoms. The number of benzene rings is 1. The summed E-state index contributed by atoms with van der Waals surface area (Å²) in [7, 11) is 0. The highest BCUT2D eigenvalue weighted by Crippen LogP contribution is 2.32. The maximum absolute atomic E-state index is 5.79. The van der Waals surface area contributed by atoms with Gasteiger partial charge in [-0.05, 0) is 25.0 Å². The van der Waals surface area contributed by atoms with E-state index in [2.05, 4.69) is 10.3 Å². The third-order valence-electron chi connectivity index (χ3n) is 2.68. The molecule has 1 fully saturated rings. The van der Waals surface area contributed by atoms with E-state index in [-0.39, 0.29) is 0 Å². The van der Waals surface area contributed by atoms with Crippen molar-refractivity contribution in [1.82, 2.24) is 0 Å². The van der Waals surface area contributed by atoms with E-state index >= 15 is 0 Å². The van der Waals surface area contributed by atoms with E-state index in [0.29, 0.717) is 25.2 Å². The number of guanidine groups is 1. The van der Waals surface area contributed by atoms with Gasteiger partial charge in [-0.25, -0.2) is 4.99 Å². The zero-order chi connectivity index (χ0) is 11.7. The van der Waals surface area contributed by atoms with E-state index in [1.54, 1.807) is 0 Å². The SMILES string of the molecule is NC(=NC1CC1)Nc1ccc2c(c1)OCCO2. The van der Waals surface area contributed by atoms with Gasteiger partial charge in [0.25, 0.3) is 0 Å². The van der Waals surface area contributed by atoms with Crippen molar-refractivity contribution in [2.45, 2.75) is 18.9 Å². The molecule has 1 saturated carbocycles. The quantitative estimate of drug-likeness (QED) is 0.597. The van der Waals surface area contributed by atoms with Crippen molar-refractivity contribution >= 4 is 11.6 Å². The Morgan fingerprint density at radius 1 is 1.24 bits per heavy atom. The highest BCUT2D eigenvalue weighted by atomic mass is 16.6. The van der Waals surface area contributed by atoms with Gasteiger partial charge in [0.05, 0.1) is 6.04 Å². The van der Waals surface area contributed by atoms with Gasteiger partial charge in [0, 0.05) is 11.8 Å². The van der Waals surface area contributed by atoms with E-state index in [9.17, 15) is 0 Å². The number of ether oxygens (including phenoxy) is 2. The van der Waals surface area contributed by atoms with Crippen molar-refractivity contribution in [3.05, 3.63) is 18.2 Å². The molecule has 0 spiro atoms. The van der Waals surface area contributed by atoms with Gasteiger partial charge in [-0.15, -0.1) is 0 Å². The third-order valence-corrected chi connectivity index (χ3v) is 2.68. The molecule has 1 aromatic carbocycles. The molecule has 1 heterocycles. The summed E-state index contributed by atoms with van der Waals surface area (Å²) in [6.45, 7) is 1.19. The molecule has 2 aliphatic rings. The molecule has 0 saturated heterocycles. The number of nitrogens with one attached hydrogen (secondary N) is 1. The topological polar surface area (TPSA) is 68.9 Å². The molecule has 90 valence electrons. The monoisotopic (exact) mass is 233 g/mol. The molecule has 1 aliphatic heterocycles. The minimum absolute atomic E-state index is 0.416. The second-order valence-corrected chi connectivity index (χ2v) is 4.23. The predicted molar refractivity (Wildman–Crippen MR) is 65.7 cm³/mol. The fourth-order valence-electron chi connectivity index (χ4n) is 1.70. The first-order valence-corrected chi connectivity index (χ1v) is 5.81. The van der Waals surface area contributed by atoms with E-state index in [1.165, 1.54) is 0 Å². The molecular weight excluding hydrogens is 218 g/mol. The first-order valence-electron chi connectivity index (χ1n) is 5.81. The lowest BCUT2D eigenvalue weighted by Crippen LogP contribution is -2.23. The molecule has 3 N–H and O–H groups in total. The number of nitrogens with two attached hydrogens (primary N) is 1. The van der Waals surface area contributed by atoms with Crippen LogP contribution in [0.15, 0.2) is 23.2 Å². The third kappa shape index (κ3) is 2.43. The molecular formula is C12H15N3O2. The Kier molecular flexibility index (Phi) is 2.51. The largest absolute Gasteiger partial charge is 0.486 e. The van der Waals surface area contributed by atoms with E-state index in [1.807, 2.05) is 18.2 Å². The second kappa shape index (κ2) is 4.16. The first-order chi connectivity index (χ1) is 8.31. The van der Waals surface area contributed by atoms with Crippen molar-refractivity contribution < 1.29 is 9.47 Å². The molecule has 0 unspecified atom stereocenters. The van der Waals surface area contributed by atoms with Crippen LogP contribution in [0.4, 0.5) is 5.69 Å². The van der Waals surface area contributed by atoms with Gasteiger partial charge in [-0.3, -0.25) is 0 Å². The Balaban J connectivity index is 1.74. The van der Waals surface area contributed by atoms with Gasteiger partial charge >= 0.3 is 0 Å². The summed E-state index contributed by atoms with van der Waals surface area (Å²) in [6.07, 6.45) is 2.28. The van der Waals surface area contributed by atoms with Gasteiger partial charge in [-0.1, -0.05) is 0 Å². The molecule has 0 radical (unpaired) electrons. The normalized spacial score (nSPS) is 18.9. The van der Waals surface area contributed by atoms with Crippen LogP contribution in [-0.4, -0.2) is 25.2 Å². The van der Waals surface area contributed by atoms with Crippen LogP contribution in [-0.2, 0) is 0 Å². The summed E-state index contributed by atoms with van der Waals surface area (Å²) in [6, 6.07) is 6.08. The van der Waals surface area contributed by atoms with Crippen LogP contribution in [0.25, 0.3) is 0 Å². The van der Waals surface area contributed by atoms with Crippen molar-refractivity contribution in [3.63, 3.8) is 0 Å². The van der Waals surface area contributed by atoms with Gasteiger partial charge in [0.2, 0.25) is 0 Å². The maximum Gasteiger partial charge on any atom is 0.193 e. The average Bonchev–Trinajstić information content (AvgIpc) is 3.12. The fraction of sp³-hybridized carbons (Fsp3) is 0.417. The summed E-state index contributed by atoms with van der Waals surface area (Å²) in [5.74, 6) is 1.99. The smallest absolute Gasteiger partial charge is 0.193 e. The van der Waals surface area contributed by atoms with Crippen LogP contribution in [0, 0.1) is 0 Å². The van der Waals surface area contributed by atoms with Gasteiger partial charge in [0.1, 0.15) is 13.2 Å². The Hall–Kier alpha value is -1.91. The molecule has 0 amide bonds. The summed E-state index contributed by atoms with van der Waals surface area (Å²) in [5.41, 5.74) is 6.66. The van der Waals surface area contributed by atoms with Crippen molar-refractivity contribution in [1.29, 1.82) is 0 Å². The molecule has 1 aliphatic carbocycles. The number of hydrogen-bond acceptors (Lipinski definition) is 3. The molecule has 0 aromatic heterocycles. The van der Waals surface area contributed by atoms with E-state index in [0.717, 1.165) is 30.0 Å². The lowest BCUT2D eigenvalue weighted by atomic mass is 10.2. The molecule has 5 nitrogen and oxygen atoms in total. The second-order valence-electron chi connectivity index (χ2n) is 4.23. The molecule has 0 atom stereocenters. The Morgan fingerprint density at radius 2 is 2.00 bits per heavy atom. The van der Waals surface area contributed by atoms with Crippen LogP contribution in [0.5, 0.6) is 11.5 Å². The Labute approximate surface area is 99.6 Å².